The number of likely N-dealkylation sites (tertiary alicyclic amines) is 1. The predicted octanol–water partition coefficient (Wildman–Crippen LogP) is 3.51. The summed E-state index contributed by atoms with van der Waals surface area (Å²) in [6.45, 7) is 3.30. The maximum absolute atomic E-state index is 13.2. The number of hydrogen-bond acceptors (Lipinski definition) is 9. The fourth-order valence-corrected chi connectivity index (χ4v) is 4.25. The van der Waals surface area contributed by atoms with Crippen molar-refractivity contribution in [3.05, 3.63) is 11.8 Å². The fraction of sp³-hybridized carbons (Fsp3) is 0.720. The molecule has 2 amide bonds. The van der Waals surface area contributed by atoms with Gasteiger partial charge in [0.2, 0.25) is 5.95 Å². The van der Waals surface area contributed by atoms with Gasteiger partial charge in [-0.2, -0.15) is 13.8 Å². The first-order valence-electron chi connectivity index (χ1n) is 13.0. The maximum Gasteiger partial charge on any atom is 0.410 e. The Labute approximate surface area is 221 Å². The lowest BCUT2D eigenvalue weighted by atomic mass is 9.88. The quantitative estimate of drug-likeness (QED) is 0.320. The number of nitrogens with zero attached hydrogens (tertiary/aromatic N) is 4. The zero-order valence-corrected chi connectivity index (χ0v) is 22.2. The Morgan fingerprint density at radius 2 is 1.89 bits per heavy atom. The molecule has 1 saturated carbocycles. The highest BCUT2D eigenvalue weighted by molar-refractivity contribution is 5.98. The Bertz CT molecular complexity index is 958. The van der Waals surface area contributed by atoms with E-state index in [2.05, 4.69) is 30.3 Å². The third kappa shape index (κ3) is 9.75. The van der Waals surface area contributed by atoms with Crippen LogP contribution in [0.1, 0.15) is 69.7 Å². The summed E-state index contributed by atoms with van der Waals surface area (Å²) in [4.78, 5) is 40.0. The van der Waals surface area contributed by atoms with Crippen molar-refractivity contribution in [1.29, 1.82) is 0 Å². The molecular formula is C25H38F2N6O5. The SMILES string of the molecule is CC(C)(C)OC(=O)N1CCC(NC(=O)c2cnc(NCCOC(F)F)nc2N=CC2CCC(O)CC2)CC1. The number of aliphatic hydroxyl groups excluding tert-OH is 1. The van der Waals surface area contributed by atoms with Crippen LogP contribution in [0, 0.1) is 5.92 Å². The first-order chi connectivity index (χ1) is 18.0. The Hall–Kier alpha value is -2.93. The van der Waals surface area contributed by atoms with E-state index < -0.39 is 12.2 Å². The molecule has 0 aromatic carbocycles. The van der Waals surface area contributed by atoms with Crippen molar-refractivity contribution in [2.45, 2.75) is 83.7 Å². The first-order valence-corrected chi connectivity index (χ1v) is 13.0. The second-order valence-corrected chi connectivity index (χ2v) is 10.6. The molecule has 2 aliphatic rings. The molecule has 1 saturated heterocycles. The van der Waals surface area contributed by atoms with E-state index in [0.29, 0.717) is 38.8 Å². The molecule has 1 aromatic heterocycles. The summed E-state index contributed by atoms with van der Waals surface area (Å²) in [5, 5.41) is 15.5. The van der Waals surface area contributed by atoms with E-state index in [1.807, 2.05) is 20.8 Å². The molecule has 0 bridgehead atoms. The van der Waals surface area contributed by atoms with Gasteiger partial charge in [-0.1, -0.05) is 0 Å². The van der Waals surface area contributed by atoms with Gasteiger partial charge in [0.05, 0.1) is 12.7 Å². The van der Waals surface area contributed by atoms with Gasteiger partial charge in [0.15, 0.2) is 5.82 Å². The van der Waals surface area contributed by atoms with E-state index in [4.69, 9.17) is 4.74 Å². The van der Waals surface area contributed by atoms with Crippen LogP contribution in [-0.4, -0.2) is 88.8 Å². The van der Waals surface area contributed by atoms with Gasteiger partial charge in [-0.05, 0) is 65.2 Å². The molecule has 3 rings (SSSR count). The average molecular weight is 541 g/mol. The van der Waals surface area contributed by atoms with Gasteiger partial charge in [-0.25, -0.2) is 14.8 Å². The molecule has 1 aromatic rings. The summed E-state index contributed by atoms with van der Waals surface area (Å²) in [6.07, 6.45) is 6.50. The van der Waals surface area contributed by atoms with E-state index in [1.165, 1.54) is 6.20 Å². The zero-order valence-electron chi connectivity index (χ0n) is 22.2. The van der Waals surface area contributed by atoms with Crippen LogP contribution in [0.3, 0.4) is 0 Å². The second kappa shape index (κ2) is 13.7. The molecule has 212 valence electrons. The molecule has 1 aliphatic heterocycles. The molecule has 11 nitrogen and oxygen atoms in total. The molecule has 13 heteroatoms. The number of carbonyl (C=O) groups is 2. The smallest absolute Gasteiger partial charge is 0.410 e. The van der Waals surface area contributed by atoms with Crippen LogP contribution in [0.2, 0.25) is 0 Å². The lowest BCUT2D eigenvalue weighted by Gasteiger charge is -2.33. The van der Waals surface area contributed by atoms with Crippen LogP contribution >= 0.6 is 0 Å². The number of hydrogen-bond donors (Lipinski definition) is 3. The molecule has 3 N–H and O–H groups in total. The van der Waals surface area contributed by atoms with Crippen molar-refractivity contribution in [1.82, 2.24) is 20.2 Å². The number of ether oxygens (including phenoxy) is 2. The lowest BCUT2D eigenvalue weighted by Crippen LogP contribution is -2.47. The van der Waals surface area contributed by atoms with Gasteiger partial charge < -0.3 is 30.1 Å². The second-order valence-electron chi connectivity index (χ2n) is 10.6. The minimum Gasteiger partial charge on any atom is -0.444 e. The Kier molecular flexibility index (Phi) is 10.7. The van der Waals surface area contributed by atoms with Crippen molar-refractivity contribution in [2.75, 3.05) is 31.6 Å². The van der Waals surface area contributed by atoms with Gasteiger partial charge in [0.25, 0.3) is 5.91 Å². The highest BCUT2D eigenvalue weighted by Gasteiger charge is 2.28. The number of rotatable bonds is 9. The van der Waals surface area contributed by atoms with E-state index in [0.717, 1.165) is 12.8 Å². The summed E-state index contributed by atoms with van der Waals surface area (Å²) < 4.78 is 34.0. The summed E-state index contributed by atoms with van der Waals surface area (Å²) >= 11 is 0. The monoisotopic (exact) mass is 540 g/mol. The number of alkyl halides is 2. The number of halogens is 2. The number of nitrogens with one attached hydrogen (secondary N) is 2. The number of carbonyl (C=O) groups excluding carboxylic acids is 2. The van der Waals surface area contributed by atoms with Crippen molar-refractivity contribution < 1.29 is 33.0 Å². The minimum atomic E-state index is -2.87. The standard InChI is InChI=1S/C25H38F2N6O5/c1-25(2,3)38-24(36)33-11-8-17(9-12-33)31-21(35)19-15-30-23(28-10-13-37-22(26)27)32-20(19)29-14-16-4-6-18(34)7-5-16/h14-18,22,34H,4-13H2,1-3H3,(H,31,35)(H,28,30,32). The highest BCUT2D eigenvalue weighted by Crippen LogP contribution is 2.25. The van der Waals surface area contributed by atoms with Crippen molar-refractivity contribution in [3.8, 4) is 0 Å². The molecule has 1 aliphatic carbocycles. The Balaban J connectivity index is 1.64. The summed E-state index contributed by atoms with van der Waals surface area (Å²) in [5.41, 5.74) is -0.394. The van der Waals surface area contributed by atoms with E-state index >= 15 is 0 Å². The molecule has 2 heterocycles. The number of aliphatic hydroxyl groups is 1. The summed E-state index contributed by atoms with van der Waals surface area (Å²) in [5.74, 6) is 0.0558. The van der Waals surface area contributed by atoms with Gasteiger partial charge in [0, 0.05) is 38.1 Å². The average Bonchev–Trinajstić information content (AvgIpc) is 2.85. The zero-order chi connectivity index (χ0) is 27.7. The Morgan fingerprint density at radius 3 is 2.53 bits per heavy atom. The lowest BCUT2D eigenvalue weighted by molar-refractivity contribution is -0.125. The van der Waals surface area contributed by atoms with E-state index in [9.17, 15) is 23.5 Å². The number of aliphatic imine (C=N–C) groups is 1. The van der Waals surface area contributed by atoms with Gasteiger partial charge in [0.1, 0.15) is 11.2 Å². The van der Waals surface area contributed by atoms with E-state index in [-0.39, 0.29) is 60.5 Å². The van der Waals surface area contributed by atoms with Crippen LogP contribution in [0.5, 0.6) is 0 Å². The van der Waals surface area contributed by atoms with Crippen molar-refractivity contribution in [2.24, 2.45) is 10.9 Å². The predicted molar refractivity (Wildman–Crippen MR) is 137 cm³/mol. The molecule has 38 heavy (non-hydrogen) atoms. The van der Waals surface area contributed by atoms with Crippen LogP contribution in [0.15, 0.2) is 11.2 Å². The molecule has 2 fully saturated rings. The molecule has 0 radical (unpaired) electrons. The Morgan fingerprint density at radius 1 is 1.21 bits per heavy atom. The largest absolute Gasteiger partial charge is 0.444 e. The van der Waals surface area contributed by atoms with Crippen LogP contribution in [0.25, 0.3) is 0 Å². The van der Waals surface area contributed by atoms with Crippen molar-refractivity contribution in [3.63, 3.8) is 0 Å². The third-order valence-corrected chi connectivity index (χ3v) is 6.27. The minimum absolute atomic E-state index is 0.0514. The summed E-state index contributed by atoms with van der Waals surface area (Å²) in [7, 11) is 0. The van der Waals surface area contributed by atoms with Gasteiger partial charge in [-0.15, -0.1) is 0 Å². The van der Waals surface area contributed by atoms with E-state index in [1.54, 1.807) is 11.1 Å². The van der Waals surface area contributed by atoms with Crippen molar-refractivity contribution >= 4 is 30.0 Å². The first kappa shape index (κ1) is 29.6. The molecule has 0 spiro atoms. The number of aromatic nitrogens is 2. The maximum atomic E-state index is 13.2. The number of anilines is 1. The third-order valence-electron chi connectivity index (χ3n) is 6.27. The normalized spacial score (nSPS) is 21.1. The van der Waals surface area contributed by atoms with Crippen LogP contribution < -0.4 is 10.6 Å². The fourth-order valence-electron chi connectivity index (χ4n) is 4.25. The number of amides is 2. The summed E-state index contributed by atoms with van der Waals surface area (Å²) in [6, 6.07) is -0.151. The topological polar surface area (TPSA) is 138 Å². The molecule has 0 unspecified atom stereocenters. The van der Waals surface area contributed by atoms with Crippen LogP contribution in [-0.2, 0) is 9.47 Å². The highest BCUT2D eigenvalue weighted by atomic mass is 19.3. The van der Waals surface area contributed by atoms with Gasteiger partial charge in [-0.3, -0.25) is 4.79 Å². The molecule has 0 atom stereocenters. The van der Waals surface area contributed by atoms with Crippen LogP contribution in [0.4, 0.5) is 25.3 Å². The number of piperidine rings is 1. The van der Waals surface area contributed by atoms with Gasteiger partial charge >= 0.3 is 12.7 Å². The molecular weight excluding hydrogens is 502 g/mol.